The molecule has 0 saturated heterocycles. The number of primary amides is 1. The van der Waals surface area contributed by atoms with Crippen LogP contribution < -0.4 is 11.5 Å². The Morgan fingerprint density at radius 3 is 2.39 bits per heavy atom. The Morgan fingerprint density at radius 2 is 1.81 bits per heavy atom. The van der Waals surface area contributed by atoms with Crippen LogP contribution in [0, 0.1) is 11.8 Å². The molecule has 0 aromatic heterocycles. The Kier molecular flexibility index (Phi) is 4.50. The van der Waals surface area contributed by atoms with Crippen LogP contribution in [0.15, 0.2) is 29.0 Å². The molecule has 1 amide bonds. The van der Waals surface area contributed by atoms with E-state index in [1.165, 1.54) is 12.1 Å². The summed E-state index contributed by atoms with van der Waals surface area (Å²) in [6.07, 6.45) is -1.73. The lowest BCUT2D eigenvalue weighted by Gasteiger charge is -2.52. The zero-order valence-electron chi connectivity index (χ0n) is 16.0. The van der Waals surface area contributed by atoms with E-state index >= 15 is 0 Å². The molecular formula is C20H19ClN2O8. The molecule has 1 fully saturated rings. The fraction of sp³-hybridized carbons (Fsp3) is 0.350. The second-order valence-electron chi connectivity index (χ2n) is 8.02. The van der Waals surface area contributed by atoms with E-state index in [4.69, 9.17) is 23.1 Å². The first-order valence-corrected chi connectivity index (χ1v) is 9.68. The van der Waals surface area contributed by atoms with Crippen LogP contribution in [-0.2, 0) is 14.4 Å². The van der Waals surface area contributed by atoms with Crippen molar-refractivity contribution < 1.29 is 39.9 Å². The predicted octanol–water partition coefficient (Wildman–Crippen LogP) is -0.454. The molecule has 0 unspecified atom stereocenters. The average molecular weight is 451 g/mol. The Morgan fingerprint density at radius 1 is 1.19 bits per heavy atom. The summed E-state index contributed by atoms with van der Waals surface area (Å²) < 4.78 is 0. The van der Waals surface area contributed by atoms with Gasteiger partial charge in [0.1, 0.15) is 22.8 Å². The molecular weight excluding hydrogens is 432 g/mol. The van der Waals surface area contributed by atoms with Gasteiger partial charge in [-0.05, 0) is 23.6 Å². The fourth-order valence-corrected chi connectivity index (χ4v) is 5.49. The minimum atomic E-state index is -3.00. The molecule has 0 spiro atoms. The van der Waals surface area contributed by atoms with Crippen molar-refractivity contribution in [1.82, 2.24) is 0 Å². The predicted molar refractivity (Wildman–Crippen MR) is 106 cm³/mol. The van der Waals surface area contributed by atoms with Gasteiger partial charge in [0.2, 0.25) is 5.78 Å². The zero-order chi connectivity index (χ0) is 23.2. The number of carbonyl (C=O) groups is 3. The molecule has 3 aliphatic carbocycles. The number of hydrogen-bond acceptors (Lipinski definition) is 9. The Bertz CT molecular complexity index is 1140. The van der Waals surface area contributed by atoms with Gasteiger partial charge in [0.25, 0.3) is 5.91 Å². The Balaban J connectivity index is 2.07. The first-order chi connectivity index (χ1) is 14.4. The normalized spacial score (nSPS) is 34.9. The van der Waals surface area contributed by atoms with Crippen molar-refractivity contribution in [3.63, 3.8) is 0 Å². The molecule has 1 aromatic carbocycles. The third-order valence-electron chi connectivity index (χ3n) is 6.58. The highest BCUT2D eigenvalue weighted by molar-refractivity contribution is 6.32. The number of ketones is 2. The van der Waals surface area contributed by atoms with Gasteiger partial charge < -0.3 is 37.0 Å². The number of phenolic OH excluding ortho intramolecular Hbond substituents is 1. The minimum absolute atomic E-state index is 0.147. The van der Waals surface area contributed by atoms with Gasteiger partial charge in [-0.25, -0.2) is 0 Å². The maximum atomic E-state index is 13.4. The average Bonchev–Trinajstić information content (AvgIpc) is 2.69. The van der Waals surface area contributed by atoms with E-state index in [9.17, 15) is 39.9 Å². The molecule has 10 nitrogen and oxygen atoms in total. The summed E-state index contributed by atoms with van der Waals surface area (Å²) >= 11 is 6.24. The van der Waals surface area contributed by atoms with Crippen LogP contribution in [-0.4, -0.2) is 60.8 Å². The van der Waals surface area contributed by atoms with Gasteiger partial charge in [-0.15, -0.1) is 0 Å². The minimum Gasteiger partial charge on any atom is -0.508 e. The third-order valence-corrected chi connectivity index (χ3v) is 6.91. The highest BCUT2D eigenvalue weighted by Crippen LogP contribution is 2.56. The molecule has 6 atom stereocenters. The van der Waals surface area contributed by atoms with E-state index in [2.05, 4.69) is 0 Å². The number of fused-ring (bicyclic) bond motifs is 3. The number of aliphatic hydroxyl groups is 4. The molecule has 1 saturated carbocycles. The number of carbonyl (C=O) groups excluding carboxylic acids is 3. The number of amides is 1. The topological polar surface area (TPSA) is 204 Å². The van der Waals surface area contributed by atoms with Crippen LogP contribution in [0.3, 0.4) is 0 Å². The van der Waals surface area contributed by atoms with Crippen LogP contribution in [0.4, 0.5) is 0 Å². The molecule has 4 rings (SSSR count). The van der Waals surface area contributed by atoms with Crippen molar-refractivity contribution in [2.45, 2.75) is 30.6 Å². The second-order valence-corrected chi connectivity index (χ2v) is 8.43. The van der Waals surface area contributed by atoms with Crippen molar-refractivity contribution in [2.75, 3.05) is 0 Å². The first kappa shape index (κ1) is 21.3. The maximum absolute atomic E-state index is 13.4. The Hall–Kier alpha value is -2.92. The van der Waals surface area contributed by atoms with E-state index in [0.29, 0.717) is 0 Å². The molecule has 164 valence electrons. The molecule has 31 heavy (non-hydrogen) atoms. The molecule has 1 aromatic rings. The van der Waals surface area contributed by atoms with E-state index in [1.54, 1.807) is 6.92 Å². The van der Waals surface area contributed by atoms with Crippen molar-refractivity contribution in [3.05, 3.63) is 45.2 Å². The number of aromatic hydroxyl groups is 1. The summed E-state index contributed by atoms with van der Waals surface area (Å²) in [6, 6.07) is 0.824. The van der Waals surface area contributed by atoms with Gasteiger partial charge in [-0.1, -0.05) is 18.5 Å². The molecule has 0 radical (unpaired) electrons. The number of benzene rings is 1. The quantitative estimate of drug-likeness (QED) is 0.276. The summed E-state index contributed by atoms with van der Waals surface area (Å²) in [6.45, 7) is 1.57. The van der Waals surface area contributed by atoms with Gasteiger partial charge in [0, 0.05) is 16.5 Å². The van der Waals surface area contributed by atoms with Gasteiger partial charge in [-0.3, -0.25) is 14.4 Å². The van der Waals surface area contributed by atoms with Gasteiger partial charge in [-0.2, -0.15) is 0 Å². The second kappa shape index (κ2) is 6.54. The van der Waals surface area contributed by atoms with Crippen LogP contribution >= 0.6 is 11.6 Å². The maximum Gasteiger partial charge on any atom is 0.255 e. The largest absolute Gasteiger partial charge is 0.508 e. The van der Waals surface area contributed by atoms with E-state index in [1.807, 2.05) is 0 Å². The number of nitrogens with two attached hydrogens (primary N) is 2. The number of halogens is 1. The van der Waals surface area contributed by atoms with Crippen molar-refractivity contribution in [1.29, 1.82) is 0 Å². The summed E-state index contributed by atoms with van der Waals surface area (Å²) in [7, 11) is 0. The van der Waals surface area contributed by atoms with Crippen LogP contribution in [0.25, 0.3) is 5.76 Å². The van der Waals surface area contributed by atoms with Crippen molar-refractivity contribution in [2.24, 2.45) is 23.3 Å². The monoisotopic (exact) mass is 450 g/mol. The van der Waals surface area contributed by atoms with Crippen LogP contribution in [0.5, 0.6) is 5.75 Å². The summed E-state index contributed by atoms with van der Waals surface area (Å²) in [5, 5.41) is 54.2. The standard InChI is InChI=1S/C20H19ClN2O8/c1-4-7-5(21)2-3-6(24)9(7)14(25)10-8(4)15(26)12-13(22)16(27)11(19(23)30)18(29)20(12,31)17(10)28/h2-4,8,12-13,15,24-26,29,31H,22H2,1H3,(H2,23,30)/t4-,8+,12+,13-,15-,20-/m0/s1. The summed E-state index contributed by atoms with van der Waals surface area (Å²) in [5.74, 6) is -10.0. The van der Waals surface area contributed by atoms with Crippen LogP contribution in [0.1, 0.15) is 24.0 Å². The summed E-state index contributed by atoms with van der Waals surface area (Å²) in [4.78, 5) is 37.7. The van der Waals surface area contributed by atoms with Crippen LogP contribution in [0.2, 0.25) is 5.02 Å². The van der Waals surface area contributed by atoms with Crippen molar-refractivity contribution >= 4 is 34.8 Å². The lowest BCUT2D eigenvalue weighted by Crippen LogP contribution is -2.70. The molecule has 3 aliphatic rings. The first-order valence-electron chi connectivity index (χ1n) is 9.30. The highest BCUT2D eigenvalue weighted by atomic mass is 35.5. The highest BCUT2D eigenvalue weighted by Gasteiger charge is 2.67. The fourth-order valence-electron chi connectivity index (χ4n) is 5.16. The van der Waals surface area contributed by atoms with E-state index < -0.39 is 81.4 Å². The van der Waals surface area contributed by atoms with Gasteiger partial charge in [0.05, 0.1) is 23.6 Å². The Labute approximate surface area is 180 Å². The number of phenols is 1. The molecule has 0 bridgehead atoms. The smallest absolute Gasteiger partial charge is 0.255 e. The number of hydrogen-bond donors (Lipinski definition) is 7. The summed E-state index contributed by atoms with van der Waals surface area (Å²) in [5.41, 5.74) is 6.55. The number of aliphatic hydroxyl groups excluding tert-OH is 3. The van der Waals surface area contributed by atoms with E-state index in [-0.39, 0.29) is 16.1 Å². The van der Waals surface area contributed by atoms with E-state index in [0.717, 1.165) is 0 Å². The SMILES string of the molecule is C[C@H]1c2c(Cl)ccc(O)c2C(O)=C2C(=O)[C@]3(O)C(O)=C(C(N)=O)C(=O)[C@@H](N)[C@@H]3[C@@H](O)[C@@H]21. The molecule has 0 heterocycles. The third kappa shape index (κ3) is 2.41. The number of Topliss-reactive ketones (excluding diaryl/α,β-unsaturated/α-hetero) is 2. The number of rotatable bonds is 1. The molecule has 11 heteroatoms. The van der Waals surface area contributed by atoms with Gasteiger partial charge >= 0.3 is 0 Å². The molecule has 9 N–H and O–H groups in total. The zero-order valence-corrected chi connectivity index (χ0v) is 16.8. The lowest BCUT2D eigenvalue weighted by atomic mass is 9.54. The van der Waals surface area contributed by atoms with Crippen molar-refractivity contribution in [3.8, 4) is 5.75 Å². The van der Waals surface area contributed by atoms with Gasteiger partial charge in [0.15, 0.2) is 11.4 Å². The lowest BCUT2D eigenvalue weighted by molar-refractivity contribution is -0.163. The molecule has 0 aliphatic heterocycles.